The van der Waals surface area contributed by atoms with Crippen LogP contribution in [0.5, 0.6) is 0 Å². The van der Waals surface area contributed by atoms with Crippen molar-refractivity contribution in [3.05, 3.63) is 65.2 Å². The average Bonchev–Trinajstić information content (AvgIpc) is 2.96. The van der Waals surface area contributed by atoms with Crippen LogP contribution in [0, 0.1) is 13.8 Å². The highest BCUT2D eigenvalue weighted by Crippen LogP contribution is 2.27. The zero-order chi connectivity index (χ0) is 19.4. The van der Waals surface area contributed by atoms with Crippen molar-refractivity contribution in [1.29, 1.82) is 0 Å². The van der Waals surface area contributed by atoms with Gasteiger partial charge in [-0.25, -0.2) is 9.59 Å². The summed E-state index contributed by atoms with van der Waals surface area (Å²) in [7, 11) is 0. The normalized spacial score (nSPS) is 21.9. The van der Waals surface area contributed by atoms with E-state index in [0.29, 0.717) is 11.1 Å². The lowest BCUT2D eigenvalue weighted by Gasteiger charge is -2.14. The quantitative estimate of drug-likeness (QED) is 0.402. The van der Waals surface area contributed by atoms with E-state index in [2.05, 4.69) is 15.0 Å². The molecule has 1 fully saturated rings. The summed E-state index contributed by atoms with van der Waals surface area (Å²) in [5, 5.41) is 18.5. The number of ether oxygens (including phenoxy) is 1. The Hall–Kier alpha value is -2.76. The molecule has 3 rings (SSSR count). The molecular weight excluding hydrogens is 348 g/mol. The van der Waals surface area contributed by atoms with E-state index in [-0.39, 0.29) is 18.6 Å². The molecule has 26 heavy (non-hydrogen) atoms. The smallest absolute Gasteiger partial charge is 0.330 e. The van der Waals surface area contributed by atoms with E-state index in [1.807, 2.05) is 0 Å². The fourth-order valence-corrected chi connectivity index (χ4v) is 2.33. The van der Waals surface area contributed by atoms with Crippen molar-refractivity contribution in [3.8, 4) is 0 Å². The minimum absolute atomic E-state index is 0.205. The number of aryl methyl sites for hydroxylation is 2. The van der Waals surface area contributed by atoms with Gasteiger partial charge in [0.2, 0.25) is 0 Å². The SMILES string of the molecule is Cc1c[nH]c(=O)[nH]c1=O.Cc1cn([C@H]2C[C@H](O)[C@@H](CO)O2)c(=O)[nH]c1=O. The summed E-state index contributed by atoms with van der Waals surface area (Å²) in [6.45, 7) is 2.88. The predicted octanol–water partition coefficient (Wildman–Crippen LogP) is -2.14. The van der Waals surface area contributed by atoms with Gasteiger partial charge in [-0.05, 0) is 13.8 Å². The molecule has 142 valence electrons. The van der Waals surface area contributed by atoms with E-state index in [0.717, 1.165) is 0 Å². The number of nitrogens with one attached hydrogen (secondary N) is 3. The van der Waals surface area contributed by atoms with Crippen LogP contribution in [-0.4, -0.2) is 48.5 Å². The molecule has 0 unspecified atom stereocenters. The van der Waals surface area contributed by atoms with E-state index in [1.54, 1.807) is 13.8 Å². The van der Waals surface area contributed by atoms with Crippen LogP contribution in [0.3, 0.4) is 0 Å². The molecule has 0 amide bonds. The molecule has 3 heterocycles. The number of aliphatic hydroxyl groups is 2. The second-order valence-electron chi connectivity index (χ2n) is 5.85. The van der Waals surface area contributed by atoms with Gasteiger partial charge < -0.3 is 19.9 Å². The lowest BCUT2D eigenvalue weighted by atomic mass is 10.2. The monoisotopic (exact) mass is 368 g/mol. The predicted molar refractivity (Wildman–Crippen MR) is 90.1 cm³/mol. The van der Waals surface area contributed by atoms with Crippen molar-refractivity contribution in [2.75, 3.05) is 6.61 Å². The van der Waals surface area contributed by atoms with Crippen molar-refractivity contribution < 1.29 is 14.9 Å². The average molecular weight is 368 g/mol. The standard InChI is InChI=1S/C10H14N2O5.C5H6N2O2/c1-5-3-12(10(16)11-9(5)15)8-2-6(14)7(4-13)17-8;1-3-2-6-5(9)7-4(3)8/h3,6-8,13-14H,2,4H2,1H3,(H,11,15,16);2H,1H3,(H2,6,7,8,9)/t6-,7+,8+;/m0./s1. The van der Waals surface area contributed by atoms with E-state index in [1.165, 1.54) is 17.0 Å². The van der Waals surface area contributed by atoms with Gasteiger partial charge in [0, 0.05) is 29.9 Å². The number of hydrogen-bond acceptors (Lipinski definition) is 7. The molecule has 0 radical (unpaired) electrons. The van der Waals surface area contributed by atoms with E-state index < -0.39 is 35.4 Å². The van der Waals surface area contributed by atoms with Crippen LogP contribution >= 0.6 is 0 Å². The van der Waals surface area contributed by atoms with Crippen LogP contribution in [0.25, 0.3) is 0 Å². The first kappa shape index (κ1) is 19.6. The molecule has 1 saturated heterocycles. The highest BCUT2D eigenvalue weighted by Gasteiger charge is 2.34. The maximum atomic E-state index is 11.6. The number of aliphatic hydroxyl groups excluding tert-OH is 2. The van der Waals surface area contributed by atoms with Crippen LogP contribution in [0.2, 0.25) is 0 Å². The van der Waals surface area contributed by atoms with Crippen LogP contribution < -0.4 is 22.5 Å². The van der Waals surface area contributed by atoms with E-state index in [4.69, 9.17) is 9.84 Å². The number of nitrogens with zero attached hydrogens (tertiary/aromatic N) is 1. The summed E-state index contributed by atoms with van der Waals surface area (Å²) in [5.41, 5.74) is -0.936. The van der Waals surface area contributed by atoms with Gasteiger partial charge >= 0.3 is 11.4 Å². The molecule has 2 aromatic heterocycles. The molecular formula is C15H20N4O7. The van der Waals surface area contributed by atoms with Gasteiger partial charge in [-0.2, -0.15) is 0 Å². The lowest BCUT2D eigenvalue weighted by molar-refractivity contribution is -0.0459. The van der Waals surface area contributed by atoms with Gasteiger partial charge in [-0.1, -0.05) is 0 Å². The minimum atomic E-state index is -0.816. The molecule has 1 aliphatic heterocycles. The highest BCUT2D eigenvalue weighted by molar-refractivity contribution is 5.02. The van der Waals surface area contributed by atoms with Crippen molar-refractivity contribution in [3.63, 3.8) is 0 Å². The second kappa shape index (κ2) is 8.08. The van der Waals surface area contributed by atoms with Gasteiger partial charge in [0.05, 0.1) is 12.7 Å². The van der Waals surface area contributed by atoms with Crippen LogP contribution in [0.4, 0.5) is 0 Å². The third-order valence-electron chi connectivity index (χ3n) is 3.85. The molecule has 11 nitrogen and oxygen atoms in total. The Balaban J connectivity index is 0.000000228. The molecule has 0 saturated carbocycles. The van der Waals surface area contributed by atoms with Gasteiger partial charge in [0.25, 0.3) is 11.1 Å². The van der Waals surface area contributed by atoms with Gasteiger partial charge in [-0.3, -0.25) is 24.1 Å². The number of aromatic amines is 3. The zero-order valence-electron chi connectivity index (χ0n) is 14.2. The Kier molecular flexibility index (Phi) is 6.08. The van der Waals surface area contributed by atoms with Gasteiger partial charge in [-0.15, -0.1) is 0 Å². The topological polar surface area (TPSA) is 170 Å². The molecule has 3 atom stereocenters. The van der Waals surface area contributed by atoms with Crippen LogP contribution in [0.1, 0.15) is 23.8 Å². The van der Waals surface area contributed by atoms with Crippen molar-refractivity contribution in [1.82, 2.24) is 19.5 Å². The number of aromatic nitrogens is 4. The fraction of sp³-hybridized carbons (Fsp3) is 0.467. The Labute approximate surface area is 145 Å². The van der Waals surface area contributed by atoms with Crippen LogP contribution in [0.15, 0.2) is 31.6 Å². The van der Waals surface area contributed by atoms with Crippen molar-refractivity contribution >= 4 is 0 Å². The first-order chi connectivity index (χ1) is 12.2. The molecule has 2 aromatic rings. The third kappa shape index (κ3) is 4.45. The molecule has 0 spiro atoms. The van der Waals surface area contributed by atoms with E-state index >= 15 is 0 Å². The highest BCUT2D eigenvalue weighted by atomic mass is 16.5. The number of rotatable bonds is 2. The van der Waals surface area contributed by atoms with E-state index in [9.17, 15) is 24.3 Å². The third-order valence-corrected chi connectivity index (χ3v) is 3.85. The summed E-state index contributed by atoms with van der Waals surface area (Å²) in [4.78, 5) is 50.2. The minimum Gasteiger partial charge on any atom is -0.394 e. The molecule has 1 aliphatic rings. The number of H-pyrrole nitrogens is 3. The second-order valence-corrected chi connectivity index (χ2v) is 5.85. The summed E-state index contributed by atoms with van der Waals surface area (Å²) < 4.78 is 6.54. The maximum absolute atomic E-state index is 11.6. The van der Waals surface area contributed by atoms with Gasteiger partial charge in [0.1, 0.15) is 12.3 Å². The zero-order valence-corrected chi connectivity index (χ0v) is 14.2. The molecule has 0 aliphatic carbocycles. The Morgan fingerprint density at radius 1 is 1.15 bits per heavy atom. The molecule has 0 aromatic carbocycles. The summed E-state index contributed by atoms with van der Waals surface area (Å²) >= 11 is 0. The fourth-order valence-electron chi connectivity index (χ4n) is 2.33. The molecule has 11 heteroatoms. The Bertz CT molecular complexity index is 987. The molecule has 5 N–H and O–H groups in total. The van der Waals surface area contributed by atoms with Crippen LogP contribution in [-0.2, 0) is 4.74 Å². The maximum Gasteiger partial charge on any atom is 0.330 e. The summed E-state index contributed by atoms with van der Waals surface area (Å²) in [6.07, 6.45) is 0.796. The summed E-state index contributed by atoms with van der Waals surface area (Å²) in [6, 6.07) is 0. The Morgan fingerprint density at radius 2 is 1.81 bits per heavy atom. The first-order valence-electron chi connectivity index (χ1n) is 7.78. The van der Waals surface area contributed by atoms with Crippen molar-refractivity contribution in [2.24, 2.45) is 0 Å². The first-order valence-corrected chi connectivity index (χ1v) is 7.78. The largest absolute Gasteiger partial charge is 0.394 e. The van der Waals surface area contributed by atoms with Crippen molar-refractivity contribution in [2.45, 2.75) is 38.7 Å². The Morgan fingerprint density at radius 3 is 2.35 bits per heavy atom. The molecule has 0 bridgehead atoms. The summed E-state index contributed by atoms with van der Waals surface area (Å²) in [5.74, 6) is 0. The lowest BCUT2D eigenvalue weighted by Crippen LogP contribution is -2.33. The number of hydrogen-bond donors (Lipinski definition) is 5. The van der Waals surface area contributed by atoms with Gasteiger partial charge in [0.15, 0.2) is 0 Å².